The molecule has 3 aliphatic heterocycles. The van der Waals surface area contributed by atoms with Gasteiger partial charge in [0.1, 0.15) is 56.4 Å². The molecule has 0 aromatic heterocycles. The molecule has 0 bridgehead atoms. The third kappa shape index (κ3) is 19.1. The molecule has 1 N–H and O–H groups in total. The molecular weight excluding hydrogens is 1090 g/mol. The Morgan fingerprint density at radius 3 is 1.34 bits per heavy atom. The third-order valence-electron chi connectivity index (χ3n) is 13.9. The Morgan fingerprint density at radius 2 is 0.829 bits per heavy atom. The smallest absolute Gasteiger partial charge is 0.303 e. The third-order valence-corrected chi connectivity index (χ3v) is 13.9. The number of ether oxygens (including phenoxy) is 16. The van der Waals surface area contributed by atoms with Gasteiger partial charge in [0.25, 0.3) is 0 Å². The second-order valence-electron chi connectivity index (χ2n) is 20.6. The molecule has 3 heterocycles. The van der Waals surface area contributed by atoms with Gasteiger partial charge < -0.3 is 81.1 Å². The molecule has 1 amide bonds. The van der Waals surface area contributed by atoms with Crippen LogP contribution in [0.15, 0.2) is 30.3 Å². The van der Waals surface area contributed by atoms with Crippen LogP contribution in [0.5, 0.6) is 0 Å². The summed E-state index contributed by atoms with van der Waals surface area (Å²) >= 11 is 0. The van der Waals surface area contributed by atoms with Crippen LogP contribution in [0.3, 0.4) is 0 Å². The first-order chi connectivity index (χ1) is 38.6. The van der Waals surface area contributed by atoms with E-state index in [-0.39, 0.29) is 19.6 Å². The van der Waals surface area contributed by atoms with E-state index in [1.54, 1.807) is 20.8 Å². The van der Waals surface area contributed by atoms with E-state index in [9.17, 15) is 47.9 Å². The normalized spacial score (nSPS) is 33.4. The molecule has 1 aliphatic carbocycles. The summed E-state index contributed by atoms with van der Waals surface area (Å²) in [6.45, 7) is 14.6. The predicted octanol–water partition coefficient (Wildman–Crippen LogP) is 2.25. The molecule has 458 valence electrons. The Labute approximate surface area is 474 Å². The highest BCUT2D eigenvalue weighted by Crippen LogP contribution is 2.42. The van der Waals surface area contributed by atoms with Gasteiger partial charge in [-0.25, -0.2) is 0 Å². The minimum atomic E-state index is -1.75. The molecule has 1 aromatic carbocycles. The molecule has 4 aliphatic rings. The van der Waals surface area contributed by atoms with Crippen molar-refractivity contribution in [2.24, 2.45) is 23.7 Å². The SMILES string of the molecule is CC(=O)NC1[C@H](O[C@@H]2C(OC(C)=O)[C@H](O[C@@H]3C(COC(C)=O)C[C@@H](OCc4ccccc4)C(OC(C)=O)[C@H]3C)OC(COC(C)=O)[C@@H]2OC(C)=O)OC(COC(C)=O)[C@@H](O[C@@H]2OC(COC(C)=O)[C@H](OC(C)=O)[C@H](C)C2OC(C)=O)[C@@H]1C. The zero-order valence-electron chi connectivity index (χ0n) is 48.3. The van der Waals surface area contributed by atoms with Crippen LogP contribution in [0.4, 0.5) is 0 Å². The molecule has 5 rings (SSSR count). The summed E-state index contributed by atoms with van der Waals surface area (Å²) in [7, 11) is 0. The largest absolute Gasteiger partial charge is 0.465 e. The molecule has 1 saturated carbocycles. The molecule has 0 radical (unpaired) electrons. The van der Waals surface area contributed by atoms with Crippen molar-refractivity contribution in [2.45, 2.75) is 201 Å². The second-order valence-corrected chi connectivity index (χ2v) is 20.6. The lowest BCUT2D eigenvalue weighted by Crippen LogP contribution is -2.68. The number of carbonyl (C=O) groups is 10. The number of esters is 9. The van der Waals surface area contributed by atoms with Gasteiger partial charge in [-0.2, -0.15) is 0 Å². The van der Waals surface area contributed by atoms with E-state index in [1.807, 2.05) is 30.3 Å². The fraction of sp³-hybridized carbons (Fsp3) is 0.709. The monoisotopic (exact) mass is 1170 g/mol. The van der Waals surface area contributed by atoms with Gasteiger partial charge in [-0.05, 0) is 12.0 Å². The maximum absolute atomic E-state index is 13.4. The van der Waals surface area contributed by atoms with E-state index in [0.717, 1.165) is 54.0 Å². The van der Waals surface area contributed by atoms with Crippen LogP contribution in [0, 0.1) is 23.7 Å². The van der Waals surface area contributed by atoms with Gasteiger partial charge in [0.05, 0.1) is 37.6 Å². The summed E-state index contributed by atoms with van der Waals surface area (Å²) in [6.07, 6.45) is -20.7. The highest BCUT2D eigenvalue weighted by molar-refractivity contribution is 5.73. The van der Waals surface area contributed by atoms with Crippen molar-refractivity contribution in [3.63, 3.8) is 0 Å². The highest BCUT2D eigenvalue weighted by atomic mass is 16.8. The van der Waals surface area contributed by atoms with Gasteiger partial charge in [0.2, 0.25) is 5.91 Å². The lowest BCUT2D eigenvalue weighted by Gasteiger charge is -2.52. The van der Waals surface area contributed by atoms with Crippen molar-refractivity contribution in [1.82, 2.24) is 5.32 Å². The number of hydrogen-bond acceptors (Lipinski definition) is 26. The van der Waals surface area contributed by atoms with Crippen LogP contribution in [0.2, 0.25) is 0 Å². The van der Waals surface area contributed by atoms with Gasteiger partial charge in [-0.3, -0.25) is 47.9 Å². The summed E-state index contributed by atoms with van der Waals surface area (Å²) in [5, 5.41) is 2.81. The van der Waals surface area contributed by atoms with Crippen LogP contribution in [0.25, 0.3) is 0 Å². The van der Waals surface area contributed by atoms with E-state index < -0.39 is 201 Å². The molecule has 82 heavy (non-hydrogen) atoms. The second kappa shape index (κ2) is 30.8. The van der Waals surface area contributed by atoms with Crippen LogP contribution in [-0.2, 0) is 130 Å². The minimum Gasteiger partial charge on any atom is -0.465 e. The Bertz CT molecular complexity index is 2380. The maximum Gasteiger partial charge on any atom is 0.303 e. The zero-order chi connectivity index (χ0) is 60.7. The van der Waals surface area contributed by atoms with Gasteiger partial charge in [-0.15, -0.1) is 0 Å². The molecular formula is C55H77NO26. The summed E-state index contributed by atoms with van der Waals surface area (Å²) < 4.78 is 97.0. The summed E-state index contributed by atoms with van der Waals surface area (Å²) in [5.41, 5.74) is 0.819. The van der Waals surface area contributed by atoms with Gasteiger partial charge in [0, 0.05) is 92.9 Å². The molecule has 27 heteroatoms. The molecule has 3 saturated heterocycles. The fourth-order valence-corrected chi connectivity index (χ4v) is 10.5. The van der Waals surface area contributed by atoms with E-state index >= 15 is 0 Å². The van der Waals surface area contributed by atoms with Crippen LogP contribution in [-0.4, -0.2) is 184 Å². The minimum absolute atomic E-state index is 0.0795. The maximum atomic E-state index is 13.4. The van der Waals surface area contributed by atoms with Crippen molar-refractivity contribution >= 4 is 59.6 Å². The number of rotatable bonds is 23. The first kappa shape index (κ1) is 66.4. The molecule has 20 atom stereocenters. The standard InChI is InChI=1S/C55H77NO26/c1-25-44(56-28(4)57)53(77-41(22-68-30(6)59)46(25)81-54-49(74-35(11)64)27(3)48(73-34(10)63)42(78-54)23-69-31(7)60)82-51-50(75-36(12)65)43(24-70-32(8)61)79-55(52(51)76-37(13)66)80-45-26(2)47(72-33(9)62)40(19-39(45)21-67-29(5)58)71-20-38-17-15-14-16-18-38/h14-18,25-27,39-55H,19-24H2,1-13H3,(H,56,57)/t25-,26+,27+,39?,40-,41?,42?,43?,44?,45+,46+,47?,48-,49?,50+,51+,52?,53+,54+,55+/m1/s1. The van der Waals surface area contributed by atoms with E-state index in [4.69, 9.17) is 75.8 Å². The first-order valence-corrected chi connectivity index (χ1v) is 26.9. The molecule has 8 unspecified atom stereocenters. The Balaban J connectivity index is 1.61. The fourth-order valence-electron chi connectivity index (χ4n) is 10.5. The summed E-state index contributed by atoms with van der Waals surface area (Å²) in [6, 6.07) is 7.92. The van der Waals surface area contributed by atoms with E-state index in [1.165, 1.54) is 20.8 Å². The number of amides is 1. The topological polar surface area (TPSA) is 330 Å². The Morgan fingerprint density at radius 1 is 0.427 bits per heavy atom. The van der Waals surface area contributed by atoms with Gasteiger partial charge in [-0.1, -0.05) is 51.1 Å². The lowest BCUT2D eigenvalue weighted by atomic mass is 9.76. The van der Waals surface area contributed by atoms with Crippen molar-refractivity contribution < 1.29 is 124 Å². The highest BCUT2D eigenvalue weighted by Gasteiger charge is 2.58. The number of carbonyl (C=O) groups excluding carboxylic acids is 10. The zero-order valence-corrected chi connectivity index (χ0v) is 48.3. The Kier molecular flexibility index (Phi) is 25.0. The number of benzene rings is 1. The van der Waals surface area contributed by atoms with Gasteiger partial charge >= 0.3 is 53.7 Å². The molecule has 0 spiro atoms. The number of nitrogens with one attached hydrogen (secondary N) is 1. The van der Waals surface area contributed by atoms with Gasteiger partial charge in [0.15, 0.2) is 37.2 Å². The van der Waals surface area contributed by atoms with Crippen molar-refractivity contribution in [3.8, 4) is 0 Å². The quantitative estimate of drug-likeness (QED) is 0.121. The van der Waals surface area contributed by atoms with Crippen LogP contribution >= 0.6 is 0 Å². The lowest BCUT2D eigenvalue weighted by molar-refractivity contribution is -0.368. The summed E-state index contributed by atoms with van der Waals surface area (Å²) in [4.78, 5) is 127. The molecule has 4 fully saturated rings. The molecule has 27 nitrogen and oxygen atoms in total. The average molecular weight is 1170 g/mol. The van der Waals surface area contributed by atoms with E-state index in [2.05, 4.69) is 5.32 Å². The average Bonchev–Trinajstić information content (AvgIpc) is 3.00. The molecule has 1 aromatic rings. The van der Waals surface area contributed by atoms with E-state index in [0.29, 0.717) is 0 Å². The predicted molar refractivity (Wildman–Crippen MR) is 273 cm³/mol. The van der Waals surface area contributed by atoms with Crippen molar-refractivity contribution in [2.75, 3.05) is 26.4 Å². The Hall–Kier alpha value is -6.36. The first-order valence-electron chi connectivity index (χ1n) is 26.9. The van der Waals surface area contributed by atoms with Crippen molar-refractivity contribution in [3.05, 3.63) is 35.9 Å². The van der Waals surface area contributed by atoms with Crippen LogP contribution in [0.1, 0.15) is 102 Å². The number of hydrogen-bond donors (Lipinski definition) is 1. The van der Waals surface area contributed by atoms with Crippen LogP contribution < -0.4 is 5.32 Å². The summed E-state index contributed by atoms with van der Waals surface area (Å²) in [5.74, 6) is -10.9. The van der Waals surface area contributed by atoms with Crippen molar-refractivity contribution in [1.29, 1.82) is 0 Å².